The third kappa shape index (κ3) is 8.40. The number of aliphatic imine (C=N–C) groups is 1. The lowest BCUT2D eigenvalue weighted by Gasteiger charge is -2.31. The standard InChI is InChI=1S/C40H36BrCl2N3O4/c41-31-16-12-27(13-17-31)25-40(39(48)46-44-26-35(28-8-3-1-4-9-28)29-10-5-2-6-11-29)37(34-21-18-32(42)24-36(34)43)50-38(45-40)30-14-19-33(20-15-30)49-23-7-22-47/h1-6,8-21,24,35,37,44,47H,7,22-23,25-26H2,(H,46,48)/t37-,40-/m0/s1. The van der Waals surface area contributed by atoms with Gasteiger partial charge in [-0.3, -0.25) is 10.2 Å². The monoisotopic (exact) mass is 771 g/mol. The predicted octanol–water partition coefficient (Wildman–Crippen LogP) is 8.47. The number of benzene rings is 5. The van der Waals surface area contributed by atoms with Gasteiger partial charge in [-0.25, -0.2) is 10.4 Å². The predicted molar refractivity (Wildman–Crippen MR) is 202 cm³/mol. The maximum atomic E-state index is 14.8. The van der Waals surface area contributed by atoms with Gasteiger partial charge in [-0.15, -0.1) is 0 Å². The van der Waals surface area contributed by atoms with E-state index in [4.69, 9.17) is 42.8 Å². The first-order chi connectivity index (χ1) is 24.4. The molecule has 6 rings (SSSR count). The van der Waals surface area contributed by atoms with Crippen LogP contribution < -0.4 is 15.6 Å². The van der Waals surface area contributed by atoms with Gasteiger partial charge in [0.2, 0.25) is 5.90 Å². The molecule has 0 saturated carbocycles. The number of nitrogens with one attached hydrogen (secondary N) is 2. The number of hydrogen-bond acceptors (Lipinski definition) is 6. The highest BCUT2D eigenvalue weighted by Gasteiger charge is 2.54. The third-order valence-electron chi connectivity index (χ3n) is 8.57. The second-order valence-electron chi connectivity index (χ2n) is 12.0. The zero-order valence-electron chi connectivity index (χ0n) is 27.1. The van der Waals surface area contributed by atoms with Gasteiger partial charge >= 0.3 is 0 Å². The highest BCUT2D eigenvalue weighted by Crippen LogP contribution is 2.45. The maximum absolute atomic E-state index is 14.8. The molecule has 0 aromatic heterocycles. The number of aliphatic hydroxyl groups is 1. The van der Waals surface area contributed by atoms with Crippen LogP contribution in [0.3, 0.4) is 0 Å². The molecule has 10 heteroatoms. The van der Waals surface area contributed by atoms with Crippen molar-refractivity contribution in [2.24, 2.45) is 4.99 Å². The third-order valence-corrected chi connectivity index (χ3v) is 9.66. The molecule has 0 aliphatic carbocycles. The summed E-state index contributed by atoms with van der Waals surface area (Å²) in [6.45, 7) is 0.868. The van der Waals surface area contributed by atoms with Crippen LogP contribution in [0.4, 0.5) is 0 Å². The molecule has 0 unspecified atom stereocenters. The molecular formula is C40H36BrCl2N3O4. The Balaban J connectivity index is 1.37. The minimum Gasteiger partial charge on any atom is -0.494 e. The number of rotatable bonds is 14. The number of nitrogens with zero attached hydrogens (tertiary/aromatic N) is 1. The molecule has 50 heavy (non-hydrogen) atoms. The van der Waals surface area contributed by atoms with Gasteiger partial charge in [0.25, 0.3) is 5.91 Å². The number of hydrogen-bond donors (Lipinski definition) is 3. The molecule has 1 amide bonds. The molecule has 256 valence electrons. The molecule has 7 nitrogen and oxygen atoms in total. The quantitative estimate of drug-likeness (QED) is 0.0779. The SMILES string of the molecule is O=C(NNCC(c1ccccc1)c1ccccc1)[C@@]1(Cc2ccc(Br)cc2)N=C(c2ccc(OCCCO)cc2)O[C@H]1c1ccc(Cl)cc1Cl. The smallest absolute Gasteiger partial charge is 0.266 e. The van der Waals surface area contributed by atoms with Gasteiger partial charge in [0.05, 0.1) is 6.61 Å². The van der Waals surface area contributed by atoms with Gasteiger partial charge < -0.3 is 14.6 Å². The van der Waals surface area contributed by atoms with E-state index in [1.807, 2.05) is 84.9 Å². The van der Waals surface area contributed by atoms with E-state index in [2.05, 4.69) is 51.0 Å². The first-order valence-corrected chi connectivity index (χ1v) is 17.8. The van der Waals surface area contributed by atoms with Crippen LogP contribution in [0.1, 0.15) is 46.3 Å². The molecule has 0 radical (unpaired) electrons. The molecule has 3 N–H and O–H groups in total. The van der Waals surface area contributed by atoms with Crippen molar-refractivity contribution in [3.63, 3.8) is 0 Å². The minimum absolute atomic E-state index is 0.0290. The van der Waals surface area contributed by atoms with E-state index in [1.54, 1.807) is 18.2 Å². The van der Waals surface area contributed by atoms with Crippen LogP contribution in [-0.4, -0.2) is 42.2 Å². The Labute approximate surface area is 310 Å². The lowest BCUT2D eigenvalue weighted by atomic mass is 9.82. The van der Waals surface area contributed by atoms with E-state index in [0.717, 1.165) is 21.2 Å². The lowest BCUT2D eigenvalue weighted by Crippen LogP contribution is -2.54. The normalized spacial score (nSPS) is 16.9. The van der Waals surface area contributed by atoms with Crippen molar-refractivity contribution in [3.8, 4) is 5.75 Å². The highest BCUT2D eigenvalue weighted by atomic mass is 79.9. The largest absolute Gasteiger partial charge is 0.494 e. The number of carbonyl (C=O) groups is 1. The summed E-state index contributed by atoms with van der Waals surface area (Å²) in [6, 6.07) is 40.6. The van der Waals surface area contributed by atoms with Crippen molar-refractivity contribution in [3.05, 3.63) is 170 Å². The van der Waals surface area contributed by atoms with Crippen LogP contribution in [0.5, 0.6) is 5.75 Å². The van der Waals surface area contributed by atoms with E-state index < -0.39 is 11.6 Å². The Bertz CT molecular complexity index is 1870. The summed E-state index contributed by atoms with van der Waals surface area (Å²) in [4.78, 5) is 19.9. The average Bonchev–Trinajstić information content (AvgIpc) is 3.52. The van der Waals surface area contributed by atoms with Crippen molar-refractivity contribution in [1.82, 2.24) is 10.9 Å². The summed E-state index contributed by atoms with van der Waals surface area (Å²) in [6.07, 6.45) is -0.156. The van der Waals surface area contributed by atoms with Crippen LogP contribution in [-0.2, 0) is 16.0 Å². The van der Waals surface area contributed by atoms with Crippen molar-refractivity contribution < 1.29 is 19.4 Å². The first-order valence-electron chi connectivity index (χ1n) is 16.3. The number of aliphatic hydroxyl groups excluding tert-OH is 1. The molecular weight excluding hydrogens is 737 g/mol. The van der Waals surface area contributed by atoms with E-state index in [-0.39, 0.29) is 24.9 Å². The van der Waals surface area contributed by atoms with Gasteiger partial charge in [0, 0.05) is 57.6 Å². The van der Waals surface area contributed by atoms with E-state index in [0.29, 0.717) is 52.4 Å². The van der Waals surface area contributed by atoms with Crippen LogP contribution >= 0.6 is 39.1 Å². The topological polar surface area (TPSA) is 92.2 Å². The summed E-state index contributed by atoms with van der Waals surface area (Å²) < 4.78 is 13.3. The zero-order chi connectivity index (χ0) is 34.9. The summed E-state index contributed by atoms with van der Waals surface area (Å²) in [5.41, 5.74) is 9.14. The van der Waals surface area contributed by atoms with E-state index in [1.165, 1.54) is 0 Å². The maximum Gasteiger partial charge on any atom is 0.266 e. The molecule has 0 spiro atoms. The second-order valence-corrected chi connectivity index (χ2v) is 13.7. The number of ether oxygens (including phenoxy) is 2. The fourth-order valence-corrected chi connectivity index (χ4v) is 6.80. The molecule has 1 aliphatic heterocycles. The summed E-state index contributed by atoms with van der Waals surface area (Å²) in [5.74, 6) is 0.531. The Morgan fingerprint density at radius 3 is 2.18 bits per heavy atom. The Hall–Kier alpha value is -4.18. The molecule has 5 aromatic carbocycles. The fourth-order valence-electron chi connectivity index (χ4n) is 6.03. The van der Waals surface area contributed by atoms with Gasteiger partial charge in [-0.1, -0.05) is 118 Å². The van der Waals surface area contributed by atoms with Crippen LogP contribution in [0.2, 0.25) is 10.0 Å². The van der Waals surface area contributed by atoms with E-state index in [9.17, 15) is 4.79 Å². The Morgan fingerprint density at radius 2 is 1.56 bits per heavy atom. The Morgan fingerprint density at radius 1 is 0.900 bits per heavy atom. The molecule has 5 aromatic rings. The number of halogens is 3. The van der Waals surface area contributed by atoms with Crippen molar-refractivity contribution in [2.45, 2.75) is 30.4 Å². The molecule has 0 saturated heterocycles. The summed E-state index contributed by atoms with van der Waals surface area (Å²) in [5, 5.41) is 9.94. The molecule has 0 bridgehead atoms. The number of hydrazine groups is 1. The van der Waals surface area contributed by atoms with Crippen LogP contribution in [0.25, 0.3) is 0 Å². The van der Waals surface area contributed by atoms with Gasteiger partial charge in [0.15, 0.2) is 11.6 Å². The van der Waals surface area contributed by atoms with Gasteiger partial charge in [-0.05, 0) is 65.2 Å². The summed E-state index contributed by atoms with van der Waals surface area (Å²) in [7, 11) is 0. The lowest BCUT2D eigenvalue weighted by molar-refractivity contribution is -0.130. The first kappa shape index (κ1) is 35.6. The second kappa shape index (κ2) is 16.7. The number of amides is 1. The number of carbonyl (C=O) groups excluding carboxylic acids is 1. The summed E-state index contributed by atoms with van der Waals surface area (Å²) >= 11 is 16.7. The Kier molecular flexibility index (Phi) is 11.9. The van der Waals surface area contributed by atoms with Gasteiger partial charge in [-0.2, -0.15) is 0 Å². The van der Waals surface area contributed by atoms with Gasteiger partial charge in [0.1, 0.15) is 5.75 Å². The molecule has 1 heterocycles. The zero-order valence-corrected chi connectivity index (χ0v) is 30.2. The van der Waals surface area contributed by atoms with Crippen LogP contribution in [0.15, 0.2) is 137 Å². The molecule has 1 aliphatic rings. The average molecular weight is 774 g/mol. The van der Waals surface area contributed by atoms with Crippen molar-refractivity contribution in [2.75, 3.05) is 19.8 Å². The van der Waals surface area contributed by atoms with Crippen LogP contribution in [0, 0.1) is 0 Å². The minimum atomic E-state index is -1.47. The van der Waals surface area contributed by atoms with Crippen molar-refractivity contribution in [1.29, 1.82) is 0 Å². The van der Waals surface area contributed by atoms with Crippen molar-refractivity contribution >= 4 is 50.9 Å². The van der Waals surface area contributed by atoms with E-state index >= 15 is 0 Å². The highest BCUT2D eigenvalue weighted by molar-refractivity contribution is 9.10. The molecule has 2 atom stereocenters. The molecule has 0 fully saturated rings. The fraction of sp³-hybridized carbons (Fsp3) is 0.200.